The van der Waals surface area contributed by atoms with Crippen LogP contribution in [0.5, 0.6) is 11.5 Å². The molecule has 194 valence electrons. The lowest BCUT2D eigenvalue weighted by Gasteiger charge is -2.20. The minimum absolute atomic E-state index is 0.752. The van der Waals surface area contributed by atoms with Crippen molar-refractivity contribution in [3.05, 3.63) is 36.4 Å². The van der Waals surface area contributed by atoms with Gasteiger partial charge in [0.2, 0.25) is 0 Å². The highest BCUT2D eigenvalue weighted by atomic mass is 16.5. The number of fused-ring (bicyclic) bond motifs is 3. The Kier molecular flexibility index (Phi) is 11.7. The third-order valence-corrected chi connectivity index (χ3v) is 6.48. The van der Waals surface area contributed by atoms with Gasteiger partial charge < -0.3 is 24.3 Å². The SMILES string of the molecule is CCCN(CCC)CCCOc1ccc2c(c1)[nH]c1cc(OCCCN(CCC)CCC)ccc12. The molecular weight excluding hydrogens is 434 g/mol. The van der Waals surface area contributed by atoms with Crippen molar-refractivity contribution in [3.63, 3.8) is 0 Å². The molecule has 0 atom stereocenters. The summed E-state index contributed by atoms with van der Waals surface area (Å²) in [5.41, 5.74) is 2.23. The van der Waals surface area contributed by atoms with Crippen molar-refractivity contribution >= 4 is 21.8 Å². The van der Waals surface area contributed by atoms with Gasteiger partial charge in [0, 0.05) is 36.0 Å². The van der Waals surface area contributed by atoms with Crippen molar-refractivity contribution in [1.29, 1.82) is 0 Å². The first-order chi connectivity index (χ1) is 17.2. The number of aromatic nitrogens is 1. The van der Waals surface area contributed by atoms with Crippen LogP contribution in [0.1, 0.15) is 66.2 Å². The predicted molar refractivity (Wildman–Crippen MR) is 150 cm³/mol. The second kappa shape index (κ2) is 15.0. The molecule has 35 heavy (non-hydrogen) atoms. The molecule has 5 heteroatoms. The summed E-state index contributed by atoms with van der Waals surface area (Å²) >= 11 is 0. The molecule has 0 amide bonds. The van der Waals surface area contributed by atoms with E-state index < -0.39 is 0 Å². The molecule has 5 nitrogen and oxygen atoms in total. The molecule has 3 rings (SSSR count). The van der Waals surface area contributed by atoms with Crippen molar-refractivity contribution in [2.75, 3.05) is 52.5 Å². The maximum atomic E-state index is 6.08. The zero-order valence-corrected chi connectivity index (χ0v) is 22.6. The lowest BCUT2D eigenvalue weighted by molar-refractivity contribution is 0.234. The van der Waals surface area contributed by atoms with Crippen molar-refractivity contribution in [2.45, 2.75) is 66.2 Å². The van der Waals surface area contributed by atoms with Gasteiger partial charge in [0.15, 0.2) is 0 Å². The molecule has 0 saturated carbocycles. The maximum Gasteiger partial charge on any atom is 0.121 e. The van der Waals surface area contributed by atoms with E-state index >= 15 is 0 Å². The highest BCUT2D eigenvalue weighted by Crippen LogP contribution is 2.30. The molecule has 0 bridgehead atoms. The van der Waals surface area contributed by atoms with E-state index in [4.69, 9.17) is 9.47 Å². The molecule has 0 unspecified atom stereocenters. The van der Waals surface area contributed by atoms with Gasteiger partial charge in [-0.05, 0) is 89.0 Å². The number of H-pyrrole nitrogens is 1. The highest BCUT2D eigenvalue weighted by molar-refractivity contribution is 6.07. The topological polar surface area (TPSA) is 40.7 Å². The first kappa shape index (κ1) is 27.3. The second-order valence-corrected chi connectivity index (χ2v) is 9.63. The number of benzene rings is 2. The van der Waals surface area contributed by atoms with Crippen molar-refractivity contribution < 1.29 is 9.47 Å². The Morgan fingerprint density at radius 1 is 0.571 bits per heavy atom. The van der Waals surface area contributed by atoms with Crippen LogP contribution in [-0.4, -0.2) is 67.3 Å². The Morgan fingerprint density at radius 2 is 0.971 bits per heavy atom. The standard InChI is InChI=1S/C30H47N3O2/c1-5-15-32(16-6-2)19-9-21-34-25-11-13-27-28-14-12-26(24-30(28)31-29(27)23-25)35-22-10-20-33(17-7-3)18-8-4/h11-14,23-24,31H,5-10,15-22H2,1-4H3. The monoisotopic (exact) mass is 481 g/mol. The molecule has 0 radical (unpaired) electrons. The van der Waals surface area contributed by atoms with Gasteiger partial charge in [-0.2, -0.15) is 0 Å². The van der Waals surface area contributed by atoms with Crippen LogP contribution in [-0.2, 0) is 0 Å². The van der Waals surface area contributed by atoms with E-state index in [-0.39, 0.29) is 0 Å². The number of nitrogens with zero attached hydrogens (tertiary/aromatic N) is 2. The van der Waals surface area contributed by atoms with E-state index in [9.17, 15) is 0 Å². The van der Waals surface area contributed by atoms with Crippen molar-refractivity contribution in [1.82, 2.24) is 14.8 Å². The Labute approximate surface area is 212 Å². The highest BCUT2D eigenvalue weighted by Gasteiger charge is 2.08. The van der Waals surface area contributed by atoms with Gasteiger partial charge >= 0.3 is 0 Å². The first-order valence-electron chi connectivity index (χ1n) is 13.9. The van der Waals surface area contributed by atoms with Gasteiger partial charge in [0.05, 0.1) is 24.2 Å². The molecule has 0 spiro atoms. The number of hydrogen-bond acceptors (Lipinski definition) is 4. The van der Waals surface area contributed by atoms with E-state index in [1.54, 1.807) is 0 Å². The number of rotatable bonds is 18. The number of aromatic amines is 1. The lowest BCUT2D eigenvalue weighted by Crippen LogP contribution is -2.27. The summed E-state index contributed by atoms with van der Waals surface area (Å²) in [6.45, 7) is 17.4. The van der Waals surface area contributed by atoms with Gasteiger partial charge in [-0.25, -0.2) is 0 Å². The lowest BCUT2D eigenvalue weighted by atomic mass is 10.1. The molecule has 3 aromatic rings. The smallest absolute Gasteiger partial charge is 0.121 e. The molecular formula is C30H47N3O2. The largest absolute Gasteiger partial charge is 0.493 e. The summed E-state index contributed by atoms with van der Waals surface area (Å²) in [5.74, 6) is 1.86. The Morgan fingerprint density at radius 3 is 1.34 bits per heavy atom. The van der Waals surface area contributed by atoms with Gasteiger partial charge in [-0.1, -0.05) is 27.7 Å². The molecule has 2 aromatic carbocycles. The predicted octanol–water partition coefficient (Wildman–Crippen LogP) is 7.10. The third-order valence-electron chi connectivity index (χ3n) is 6.48. The molecule has 1 N–H and O–H groups in total. The third kappa shape index (κ3) is 8.43. The van der Waals surface area contributed by atoms with Crippen molar-refractivity contribution in [3.8, 4) is 11.5 Å². The number of nitrogens with one attached hydrogen (secondary N) is 1. The molecule has 0 fully saturated rings. The fraction of sp³-hybridized carbons (Fsp3) is 0.600. The molecule has 0 aliphatic carbocycles. The van der Waals surface area contributed by atoms with Gasteiger partial charge in [-0.3, -0.25) is 0 Å². The zero-order chi connectivity index (χ0) is 24.9. The van der Waals surface area contributed by atoms with Crippen LogP contribution in [0, 0.1) is 0 Å². The maximum absolute atomic E-state index is 6.08. The average Bonchev–Trinajstić information content (AvgIpc) is 3.22. The van der Waals surface area contributed by atoms with Crippen LogP contribution >= 0.6 is 0 Å². The van der Waals surface area contributed by atoms with Crippen LogP contribution < -0.4 is 9.47 Å². The molecule has 0 aliphatic rings. The fourth-order valence-corrected chi connectivity index (χ4v) is 4.94. The fourth-order valence-electron chi connectivity index (χ4n) is 4.94. The second-order valence-electron chi connectivity index (χ2n) is 9.63. The summed E-state index contributed by atoms with van der Waals surface area (Å²) in [6.07, 6.45) is 6.95. The molecule has 0 saturated heterocycles. The summed E-state index contributed by atoms with van der Waals surface area (Å²) in [5, 5.41) is 2.46. The first-order valence-corrected chi connectivity index (χ1v) is 13.9. The minimum atomic E-state index is 0.752. The minimum Gasteiger partial charge on any atom is -0.493 e. The van der Waals surface area contributed by atoms with Crippen molar-refractivity contribution in [2.24, 2.45) is 0 Å². The Hall–Kier alpha value is -2.24. The van der Waals surface area contributed by atoms with Crippen LogP contribution in [0.15, 0.2) is 36.4 Å². The van der Waals surface area contributed by atoms with E-state index in [0.717, 1.165) is 61.7 Å². The zero-order valence-electron chi connectivity index (χ0n) is 22.6. The average molecular weight is 482 g/mol. The number of ether oxygens (including phenoxy) is 2. The van der Waals surface area contributed by atoms with Crippen LogP contribution in [0.2, 0.25) is 0 Å². The van der Waals surface area contributed by atoms with Gasteiger partial charge in [0.25, 0.3) is 0 Å². The van der Waals surface area contributed by atoms with E-state index in [1.807, 2.05) is 0 Å². The molecule has 1 aromatic heterocycles. The van der Waals surface area contributed by atoms with Crippen LogP contribution in [0.25, 0.3) is 21.8 Å². The van der Waals surface area contributed by atoms with Crippen LogP contribution in [0.4, 0.5) is 0 Å². The van der Waals surface area contributed by atoms with Gasteiger partial charge in [0.1, 0.15) is 11.5 Å². The van der Waals surface area contributed by atoms with E-state index in [2.05, 4.69) is 78.9 Å². The summed E-state index contributed by atoms with van der Waals surface area (Å²) in [6, 6.07) is 12.8. The number of hydrogen-bond donors (Lipinski definition) is 1. The Balaban J connectivity index is 1.53. The molecule has 1 heterocycles. The van der Waals surface area contributed by atoms with Crippen LogP contribution in [0.3, 0.4) is 0 Å². The summed E-state index contributed by atoms with van der Waals surface area (Å²) < 4.78 is 12.2. The van der Waals surface area contributed by atoms with Gasteiger partial charge in [-0.15, -0.1) is 0 Å². The van der Waals surface area contributed by atoms with E-state index in [1.165, 1.54) is 62.6 Å². The molecule has 0 aliphatic heterocycles. The summed E-state index contributed by atoms with van der Waals surface area (Å²) in [7, 11) is 0. The summed E-state index contributed by atoms with van der Waals surface area (Å²) in [4.78, 5) is 8.64. The van der Waals surface area contributed by atoms with E-state index in [0.29, 0.717) is 0 Å². The Bertz CT molecular complexity index is 910. The quantitative estimate of drug-likeness (QED) is 0.197. The normalized spacial score (nSPS) is 11.8.